The number of carbonyl (C=O) groups is 1. The van der Waals surface area contributed by atoms with E-state index in [0.717, 1.165) is 32.9 Å². The van der Waals surface area contributed by atoms with Gasteiger partial charge >= 0.3 is 0 Å². The number of benzene rings is 2. The molecule has 0 bridgehead atoms. The number of aromatic nitrogens is 2. The number of Topliss-reactive ketones (excluding diaryl/α,β-unsaturated/α-hetero) is 1. The molecule has 0 aliphatic carbocycles. The SMILES string of the molecule is COCCn1c(SC(C)C(=O)c2cc(C)ccc2C)nc2ccccc21. The molecule has 0 amide bonds. The summed E-state index contributed by atoms with van der Waals surface area (Å²) < 4.78 is 7.38. The first-order chi connectivity index (χ1) is 12.5. The Labute approximate surface area is 158 Å². The zero-order chi connectivity index (χ0) is 18.7. The van der Waals surface area contributed by atoms with Crippen molar-refractivity contribution in [2.75, 3.05) is 13.7 Å². The molecule has 1 unspecified atom stereocenters. The van der Waals surface area contributed by atoms with Crippen LogP contribution < -0.4 is 0 Å². The second-order valence-corrected chi connectivity index (χ2v) is 7.78. The van der Waals surface area contributed by atoms with Crippen molar-refractivity contribution in [3.8, 4) is 0 Å². The van der Waals surface area contributed by atoms with E-state index in [1.54, 1.807) is 7.11 Å². The summed E-state index contributed by atoms with van der Waals surface area (Å²) in [7, 11) is 1.69. The van der Waals surface area contributed by atoms with Crippen molar-refractivity contribution >= 4 is 28.6 Å². The third-order valence-electron chi connectivity index (χ3n) is 4.45. The number of para-hydroxylation sites is 2. The van der Waals surface area contributed by atoms with Crippen LogP contribution in [-0.4, -0.2) is 34.3 Å². The van der Waals surface area contributed by atoms with E-state index in [2.05, 4.69) is 10.6 Å². The maximum absolute atomic E-state index is 13.0. The topological polar surface area (TPSA) is 44.1 Å². The van der Waals surface area contributed by atoms with E-state index in [9.17, 15) is 4.79 Å². The van der Waals surface area contributed by atoms with Gasteiger partial charge in [0.2, 0.25) is 0 Å². The Bertz CT molecular complexity index is 933. The standard InChI is InChI=1S/C21H24N2O2S/c1-14-9-10-15(2)17(13-14)20(24)16(3)26-21-22-18-7-5-6-8-19(18)23(21)11-12-25-4/h5-10,13,16H,11-12H2,1-4H3. The van der Waals surface area contributed by atoms with Crippen LogP contribution in [0.15, 0.2) is 47.6 Å². The van der Waals surface area contributed by atoms with Gasteiger partial charge in [0.05, 0.1) is 22.9 Å². The monoisotopic (exact) mass is 368 g/mol. The van der Waals surface area contributed by atoms with E-state index in [1.807, 2.05) is 57.2 Å². The normalized spacial score (nSPS) is 12.5. The number of fused-ring (bicyclic) bond motifs is 1. The van der Waals surface area contributed by atoms with Crippen LogP contribution in [0.25, 0.3) is 11.0 Å². The molecule has 1 aromatic heterocycles. The van der Waals surface area contributed by atoms with Crippen LogP contribution in [0.2, 0.25) is 0 Å². The summed E-state index contributed by atoms with van der Waals surface area (Å²) in [6.45, 7) is 7.27. The molecule has 1 atom stereocenters. The Morgan fingerprint density at radius 2 is 2.00 bits per heavy atom. The summed E-state index contributed by atoms with van der Waals surface area (Å²) in [5, 5.41) is 0.642. The van der Waals surface area contributed by atoms with Crippen molar-refractivity contribution in [2.24, 2.45) is 0 Å². The lowest BCUT2D eigenvalue weighted by atomic mass is 10.0. The Morgan fingerprint density at radius 1 is 1.23 bits per heavy atom. The maximum Gasteiger partial charge on any atom is 0.176 e. The van der Waals surface area contributed by atoms with Crippen LogP contribution in [0.5, 0.6) is 0 Å². The van der Waals surface area contributed by atoms with Crippen molar-refractivity contribution < 1.29 is 9.53 Å². The van der Waals surface area contributed by atoms with E-state index < -0.39 is 0 Å². The maximum atomic E-state index is 13.0. The molecule has 0 radical (unpaired) electrons. The molecule has 0 saturated heterocycles. The third-order valence-corrected chi connectivity index (χ3v) is 5.54. The summed E-state index contributed by atoms with van der Waals surface area (Å²) >= 11 is 1.51. The lowest BCUT2D eigenvalue weighted by molar-refractivity contribution is 0.0993. The van der Waals surface area contributed by atoms with E-state index in [1.165, 1.54) is 11.8 Å². The molecule has 0 saturated carbocycles. The molecule has 1 heterocycles. The van der Waals surface area contributed by atoms with Crippen LogP contribution in [0.1, 0.15) is 28.4 Å². The molecule has 0 N–H and O–H groups in total. The summed E-state index contributed by atoms with van der Waals surface area (Å²) in [5.41, 5.74) is 4.92. The summed E-state index contributed by atoms with van der Waals surface area (Å²) in [6, 6.07) is 14.1. The highest BCUT2D eigenvalue weighted by atomic mass is 32.2. The molecular weight excluding hydrogens is 344 g/mol. The van der Waals surface area contributed by atoms with Gasteiger partial charge in [0.1, 0.15) is 0 Å². The lowest BCUT2D eigenvalue weighted by Crippen LogP contribution is -2.16. The van der Waals surface area contributed by atoms with Crippen molar-refractivity contribution in [1.29, 1.82) is 0 Å². The highest BCUT2D eigenvalue weighted by Crippen LogP contribution is 2.29. The number of thioether (sulfide) groups is 1. The summed E-state index contributed by atoms with van der Waals surface area (Å²) in [5.74, 6) is 0.140. The second-order valence-electron chi connectivity index (χ2n) is 6.47. The zero-order valence-electron chi connectivity index (χ0n) is 15.7. The number of nitrogens with zero attached hydrogens (tertiary/aromatic N) is 2. The number of aryl methyl sites for hydroxylation is 2. The van der Waals surface area contributed by atoms with Gasteiger partial charge in [-0.1, -0.05) is 41.6 Å². The van der Waals surface area contributed by atoms with E-state index in [0.29, 0.717) is 13.2 Å². The number of ether oxygens (including phenoxy) is 1. The van der Waals surface area contributed by atoms with Gasteiger partial charge in [0.15, 0.2) is 10.9 Å². The van der Waals surface area contributed by atoms with Gasteiger partial charge in [0, 0.05) is 19.2 Å². The van der Waals surface area contributed by atoms with Crippen molar-refractivity contribution in [2.45, 2.75) is 37.7 Å². The number of rotatable bonds is 7. The van der Waals surface area contributed by atoms with E-state index >= 15 is 0 Å². The van der Waals surface area contributed by atoms with Crippen LogP contribution in [0.3, 0.4) is 0 Å². The molecule has 26 heavy (non-hydrogen) atoms. The van der Waals surface area contributed by atoms with Gasteiger partial charge in [0.25, 0.3) is 0 Å². The number of methoxy groups -OCH3 is 1. The highest BCUT2D eigenvalue weighted by Gasteiger charge is 2.22. The Kier molecular flexibility index (Phi) is 5.79. The average molecular weight is 369 g/mol. The second kappa shape index (κ2) is 8.06. The molecule has 0 aliphatic rings. The van der Waals surface area contributed by atoms with Gasteiger partial charge in [-0.3, -0.25) is 4.79 Å². The summed E-state index contributed by atoms with van der Waals surface area (Å²) in [6.07, 6.45) is 0. The molecule has 2 aromatic carbocycles. The smallest absolute Gasteiger partial charge is 0.176 e. The molecule has 0 aliphatic heterocycles. The Balaban J connectivity index is 1.90. The minimum atomic E-state index is -0.214. The predicted octanol–water partition coefficient (Wildman–Crippen LogP) is 4.66. The molecule has 3 aromatic rings. The van der Waals surface area contributed by atoms with Crippen molar-refractivity contribution in [3.63, 3.8) is 0 Å². The minimum Gasteiger partial charge on any atom is -0.383 e. The van der Waals surface area contributed by atoms with Crippen LogP contribution in [-0.2, 0) is 11.3 Å². The van der Waals surface area contributed by atoms with Crippen LogP contribution >= 0.6 is 11.8 Å². The number of hydrogen-bond acceptors (Lipinski definition) is 4. The molecule has 4 nitrogen and oxygen atoms in total. The van der Waals surface area contributed by atoms with E-state index in [4.69, 9.17) is 9.72 Å². The lowest BCUT2D eigenvalue weighted by Gasteiger charge is -2.14. The average Bonchev–Trinajstić information content (AvgIpc) is 2.98. The van der Waals surface area contributed by atoms with Crippen molar-refractivity contribution in [1.82, 2.24) is 9.55 Å². The van der Waals surface area contributed by atoms with Crippen LogP contribution in [0.4, 0.5) is 0 Å². The molecule has 0 spiro atoms. The quantitative estimate of drug-likeness (QED) is 0.449. The molecule has 136 valence electrons. The molecular formula is C21H24N2O2S. The zero-order valence-corrected chi connectivity index (χ0v) is 16.5. The Morgan fingerprint density at radius 3 is 2.77 bits per heavy atom. The first-order valence-corrected chi connectivity index (χ1v) is 9.61. The number of hydrogen-bond donors (Lipinski definition) is 0. The van der Waals surface area contributed by atoms with Gasteiger partial charge in [-0.2, -0.15) is 0 Å². The fourth-order valence-electron chi connectivity index (χ4n) is 2.97. The molecule has 5 heteroatoms. The Hall–Kier alpha value is -2.11. The highest BCUT2D eigenvalue weighted by molar-refractivity contribution is 8.00. The fraction of sp³-hybridized carbons (Fsp3) is 0.333. The molecule has 3 rings (SSSR count). The van der Waals surface area contributed by atoms with Crippen molar-refractivity contribution in [3.05, 3.63) is 59.2 Å². The number of imidazole rings is 1. The van der Waals surface area contributed by atoms with Gasteiger partial charge < -0.3 is 9.30 Å². The summed E-state index contributed by atoms with van der Waals surface area (Å²) in [4.78, 5) is 17.7. The predicted molar refractivity (Wildman–Crippen MR) is 107 cm³/mol. The van der Waals surface area contributed by atoms with Gasteiger partial charge in [-0.15, -0.1) is 0 Å². The largest absolute Gasteiger partial charge is 0.383 e. The number of carbonyl (C=O) groups excluding carboxylic acids is 1. The van der Waals surface area contributed by atoms with Gasteiger partial charge in [-0.05, 0) is 44.5 Å². The van der Waals surface area contributed by atoms with Gasteiger partial charge in [-0.25, -0.2) is 4.98 Å². The first-order valence-electron chi connectivity index (χ1n) is 8.73. The number of ketones is 1. The minimum absolute atomic E-state index is 0.140. The fourth-order valence-corrected chi connectivity index (χ4v) is 3.99. The third kappa shape index (κ3) is 3.84. The van der Waals surface area contributed by atoms with E-state index in [-0.39, 0.29) is 11.0 Å². The first kappa shape index (κ1) is 18.7. The van der Waals surface area contributed by atoms with Crippen LogP contribution in [0, 0.1) is 13.8 Å². The molecule has 0 fully saturated rings.